The topological polar surface area (TPSA) is 63.4 Å². The zero-order chi connectivity index (χ0) is 15.8. The number of halogens is 3. The molecule has 0 radical (unpaired) electrons. The maximum absolute atomic E-state index is 13.7. The largest absolute Gasteiger partial charge is 0.399 e. The minimum Gasteiger partial charge on any atom is -0.399 e. The van der Waals surface area contributed by atoms with Gasteiger partial charge in [-0.3, -0.25) is 0 Å². The molecule has 2 N–H and O–H groups in total. The van der Waals surface area contributed by atoms with E-state index in [4.69, 9.17) is 17.3 Å². The second-order valence-corrected chi connectivity index (χ2v) is 8.09. The molecule has 2 rings (SSSR count). The fourth-order valence-electron chi connectivity index (χ4n) is 1.68. The SMILES string of the molecule is CN(Cc1ccc(Cl)s1)S(=O)(=O)c1cc(N)cc(F)c1F. The number of nitrogens with two attached hydrogens (primary N) is 1. The Kier molecular flexibility index (Phi) is 4.52. The highest BCUT2D eigenvalue weighted by Crippen LogP contribution is 2.27. The van der Waals surface area contributed by atoms with Crippen molar-refractivity contribution < 1.29 is 17.2 Å². The molecule has 0 spiro atoms. The van der Waals surface area contributed by atoms with Crippen molar-refractivity contribution in [1.29, 1.82) is 0 Å². The lowest BCUT2D eigenvalue weighted by Gasteiger charge is -2.17. The summed E-state index contributed by atoms with van der Waals surface area (Å²) in [4.78, 5) is -0.110. The molecule has 0 aliphatic rings. The quantitative estimate of drug-likeness (QED) is 0.860. The molecule has 0 unspecified atom stereocenters. The van der Waals surface area contributed by atoms with Gasteiger partial charge in [-0.15, -0.1) is 11.3 Å². The highest BCUT2D eigenvalue weighted by molar-refractivity contribution is 7.89. The summed E-state index contributed by atoms with van der Waals surface area (Å²) in [7, 11) is -2.93. The molecular weight excluding hydrogens is 342 g/mol. The Morgan fingerprint density at radius 1 is 1.33 bits per heavy atom. The van der Waals surface area contributed by atoms with Gasteiger partial charge >= 0.3 is 0 Å². The van der Waals surface area contributed by atoms with Crippen molar-refractivity contribution in [2.75, 3.05) is 12.8 Å². The van der Waals surface area contributed by atoms with Gasteiger partial charge in [0.2, 0.25) is 10.0 Å². The van der Waals surface area contributed by atoms with Gasteiger partial charge in [-0.2, -0.15) is 4.31 Å². The van der Waals surface area contributed by atoms with Crippen molar-refractivity contribution in [1.82, 2.24) is 4.31 Å². The van der Waals surface area contributed by atoms with Gasteiger partial charge < -0.3 is 5.73 Å². The van der Waals surface area contributed by atoms with Crippen LogP contribution in [0.1, 0.15) is 4.88 Å². The smallest absolute Gasteiger partial charge is 0.246 e. The number of rotatable bonds is 4. The molecule has 0 saturated carbocycles. The summed E-state index contributed by atoms with van der Waals surface area (Å²) in [6, 6.07) is 4.91. The summed E-state index contributed by atoms with van der Waals surface area (Å²) >= 11 is 6.97. The molecule has 0 atom stereocenters. The van der Waals surface area contributed by atoms with E-state index >= 15 is 0 Å². The molecule has 4 nitrogen and oxygen atoms in total. The van der Waals surface area contributed by atoms with Crippen molar-refractivity contribution >= 4 is 38.6 Å². The van der Waals surface area contributed by atoms with Crippen molar-refractivity contribution in [3.8, 4) is 0 Å². The van der Waals surface area contributed by atoms with Gasteiger partial charge in [0.25, 0.3) is 0 Å². The molecule has 1 heterocycles. The molecular formula is C12H11ClF2N2O2S2. The molecule has 0 saturated heterocycles. The predicted octanol–water partition coefficient (Wildman–Crippen LogP) is 3.08. The van der Waals surface area contributed by atoms with Gasteiger partial charge in [-0.1, -0.05) is 11.6 Å². The van der Waals surface area contributed by atoms with Crippen molar-refractivity contribution in [3.63, 3.8) is 0 Å². The van der Waals surface area contributed by atoms with Gasteiger partial charge in [-0.05, 0) is 24.3 Å². The maximum Gasteiger partial charge on any atom is 0.246 e. The number of nitrogen functional groups attached to an aromatic ring is 1. The lowest BCUT2D eigenvalue weighted by Crippen LogP contribution is -2.27. The third kappa shape index (κ3) is 3.34. The molecule has 21 heavy (non-hydrogen) atoms. The van der Waals surface area contributed by atoms with E-state index in [2.05, 4.69) is 0 Å². The Morgan fingerprint density at radius 2 is 2.00 bits per heavy atom. The first-order chi connectivity index (χ1) is 9.71. The Bertz CT molecular complexity index is 778. The van der Waals surface area contributed by atoms with E-state index in [1.807, 2.05) is 0 Å². The van der Waals surface area contributed by atoms with Crippen molar-refractivity contribution in [2.24, 2.45) is 0 Å². The molecule has 0 amide bonds. The minimum absolute atomic E-state index is 0.00439. The van der Waals surface area contributed by atoms with Crippen LogP contribution < -0.4 is 5.73 Å². The minimum atomic E-state index is -4.20. The second kappa shape index (κ2) is 5.88. The lowest BCUT2D eigenvalue weighted by molar-refractivity contribution is 0.449. The van der Waals surface area contributed by atoms with Crippen LogP contribution in [0.25, 0.3) is 0 Å². The fraction of sp³-hybridized carbons (Fsp3) is 0.167. The normalized spacial score (nSPS) is 12.0. The van der Waals surface area contributed by atoms with Crippen molar-refractivity contribution in [2.45, 2.75) is 11.4 Å². The van der Waals surface area contributed by atoms with E-state index in [-0.39, 0.29) is 12.2 Å². The van der Waals surface area contributed by atoms with Crippen LogP contribution >= 0.6 is 22.9 Å². The van der Waals surface area contributed by atoms with E-state index in [0.717, 1.165) is 16.4 Å². The average Bonchev–Trinajstić information content (AvgIpc) is 2.79. The van der Waals surface area contributed by atoms with Crippen LogP contribution in [0.4, 0.5) is 14.5 Å². The van der Waals surface area contributed by atoms with Crippen LogP contribution in [-0.2, 0) is 16.6 Å². The van der Waals surface area contributed by atoms with Gasteiger partial charge in [0, 0.05) is 24.2 Å². The van der Waals surface area contributed by atoms with E-state index in [1.54, 1.807) is 12.1 Å². The zero-order valence-electron chi connectivity index (χ0n) is 10.8. The molecule has 0 bridgehead atoms. The monoisotopic (exact) mass is 352 g/mol. The number of nitrogens with zero attached hydrogens (tertiary/aromatic N) is 1. The summed E-state index contributed by atoms with van der Waals surface area (Å²) in [6.45, 7) is -0.00439. The summed E-state index contributed by atoms with van der Waals surface area (Å²) in [5.41, 5.74) is 5.21. The Morgan fingerprint density at radius 3 is 2.57 bits per heavy atom. The number of hydrogen-bond acceptors (Lipinski definition) is 4. The van der Waals surface area contributed by atoms with E-state index in [1.165, 1.54) is 18.4 Å². The molecule has 0 aliphatic heterocycles. The van der Waals surface area contributed by atoms with Crippen LogP contribution in [0, 0.1) is 11.6 Å². The van der Waals surface area contributed by atoms with Gasteiger partial charge in [-0.25, -0.2) is 17.2 Å². The predicted molar refractivity (Wildman–Crippen MR) is 78.8 cm³/mol. The summed E-state index contributed by atoms with van der Waals surface area (Å²) < 4.78 is 53.1. The second-order valence-electron chi connectivity index (χ2n) is 4.28. The van der Waals surface area contributed by atoms with Gasteiger partial charge in [0.05, 0.1) is 4.34 Å². The summed E-state index contributed by atoms with van der Waals surface area (Å²) in [5.74, 6) is -2.75. The molecule has 0 aliphatic carbocycles. The van der Waals surface area contributed by atoms with Crippen LogP contribution in [0.5, 0.6) is 0 Å². The highest BCUT2D eigenvalue weighted by atomic mass is 35.5. The van der Waals surface area contributed by atoms with Crippen LogP contribution in [0.15, 0.2) is 29.2 Å². The van der Waals surface area contributed by atoms with E-state index in [0.29, 0.717) is 9.21 Å². The Balaban J connectivity index is 2.37. The third-order valence-corrected chi connectivity index (χ3v) is 5.73. The number of sulfonamides is 1. The number of hydrogen-bond donors (Lipinski definition) is 1. The molecule has 2 aromatic rings. The maximum atomic E-state index is 13.7. The summed E-state index contributed by atoms with van der Waals surface area (Å²) in [5, 5.41) is 0. The van der Waals surface area contributed by atoms with E-state index < -0.39 is 26.6 Å². The molecule has 1 aromatic heterocycles. The zero-order valence-corrected chi connectivity index (χ0v) is 13.2. The van der Waals surface area contributed by atoms with Gasteiger partial charge in [0.1, 0.15) is 4.90 Å². The summed E-state index contributed by atoms with van der Waals surface area (Å²) in [6.07, 6.45) is 0. The molecule has 0 fully saturated rings. The highest BCUT2D eigenvalue weighted by Gasteiger charge is 2.27. The standard InChI is InChI=1S/C12H11ClF2N2O2S2/c1-17(6-8-2-3-11(13)20-8)21(18,19)10-5-7(16)4-9(14)12(10)15/h2-5H,6,16H2,1H3. The first-order valence-corrected chi connectivity index (χ1v) is 8.30. The van der Waals surface area contributed by atoms with Crippen LogP contribution in [0.3, 0.4) is 0 Å². The van der Waals surface area contributed by atoms with Crippen LogP contribution in [-0.4, -0.2) is 19.8 Å². The Labute approximate surface area is 129 Å². The average molecular weight is 353 g/mol. The first-order valence-electron chi connectivity index (χ1n) is 5.67. The molecule has 9 heteroatoms. The van der Waals surface area contributed by atoms with E-state index in [9.17, 15) is 17.2 Å². The number of thiophene rings is 1. The number of anilines is 1. The first kappa shape index (κ1) is 16.2. The molecule has 114 valence electrons. The number of benzene rings is 1. The molecule has 1 aromatic carbocycles. The van der Waals surface area contributed by atoms with Crippen LogP contribution in [0.2, 0.25) is 4.34 Å². The van der Waals surface area contributed by atoms with Crippen molar-refractivity contribution in [3.05, 3.63) is 45.1 Å². The van der Waals surface area contributed by atoms with Gasteiger partial charge in [0.15, 0.2) is 11.6 Å². The lowest BCUT2D eigenvalue weighted by atomic mass is 10.3. The third-order valence-electron chi connectivity index (χ3n) is 2.71. The fourth-order valence-corrected chi connectivity index (χ4v) is 4.16. The Hall–Kier alpha value is -1.22.